The SMILES string of the molecule is CCC12CCCCC1(CC)N1c3cccc4c3B(c3ccc(C)c2c31)c1ccc(C)c2c1N4C1(CC)CCCCC21CC. The average Bonchev–Trinajstić information content (AvgIpc) is 3.49. The van der Waals surface area contributed by atoms with E-state index in [0.717, 1.165) is 0 Å². The normalized spacial score (nSPS) is 32.3. The fraction of sp³-hybridized carbons (Fsp3) is 0.550. The molecule has 0 radical (unpaired) electrons. The predicted molar refractivity (Wildman–Crippen MR) is 185 cm³/mol. The monoisotopic (exact) mass is 568 g/mol. The minimum absolute atomic E-state index is 0.160. The van der Waals surface area contributed by atoms with Crippen LogP contribution in [0.3, 0.4) is 0 Å². The molecule has 0 spiro atoms. The van der Waals surface area contributed by atoms with Crippen LogP contribution in [-0.2, 0) is 10.8 Å². The van der Waals surface area contributed by atoms with Gasteiger partial charge in [-0.2, -0.15) is 0 Å². The van der Waals surface area contributed by atoms with Gasteiger partial charge in [0, 0.05) is 33.6 Å². The predicted octanol–water partition coefficient (Wildman–Crippen LogP) is 8.49. The lowest BCUT2D eigenvalue weighted by Gasteiger charge is -2.57. The van der Waals surface area contributed by atoms with Crippen LogP contribution in [-0.4, -0.2) is 17.8 Å². The number of rotatable bonds is 4. The summed E-state index contributed by atoms with van der Waals surface area (Å²) in [5.41, 5.74) is 18.3. The third-order valence-electron chi connectivity index (χ3n) is 14.6. The molecule has 4 heterocycles. The molecule has 2 fully saturated rings. The van der Waals surface area contributed by atoms with E-state index >= 15 is 0 Å². The topological polar surface area (TPSA) is 6.48 Å². The van der Waals surface area contributed by atoms with Gasteiger partial charge in [-0.25, -0.2) is 0 Å². The van der Waals surface area contributed by atoms with Crippen molar-refractivity contribution in [1.29, 1.82) is 0 Å². The number of benzene rings is 3. The second kappa shape index (κ2) is 8.52. The van der Waals surface area contributed by atoms with Crippen molar-refractivity contribution in [2.24, 2.45) is 0 Å². The van der Waals surface area contributed by atoms with Crippen molar-refractivity contribution in [1.82, 2.24) is 0 Å². The summed E-state index contributed by atoms with van der Waals surface area (Å²) in [4.78, 5) is 5.96. The van der Waals surface area contributed by atoms with Crippen LogP contribution < -0.4 is 26.2 Å². The highest BCUT2D eigenvalue weighted by molar-refractivity contribution is 7.00. The summed E-state index contributed by atoms with van der Waals surface area (Å²) in [7, 11) is 0. The highest BCUT2D eigenvalue weighted by atomic mass is 15.3. The highest BCUT2D eigenvalue weighted by Gasteiger charge is 2.67. The quantitative estimate of drug-likeness (QED) is 0.291. The first-order chi connectivity index (χ1) is 20.9. The summed E-state index contributed by atoms with van der Waals surface area (Å²) in [6.45, 7) is 15.2. The average molecular weight is 569 g/mol. The van der Waals surface area contributed by atoms with Gasteiger partial charge < -0.3 is 9.80 Å². The molecule has 43 heavy (non-hydrogen) atoms. The minimum atomic E-state index is 0.160. The van der Waals surface area contributed by atoms with Gasteiger partial charge in [0.05, 0.1) is 11.1 Å². The molecule has 2 nitrogen and oxygen atoms in total. The largest absolute Gasteiger partial charge is 0.335 e. The first-order valence-corrected chi connectivity index (χ1v) is 17.9. The zero-order valence-corrected chi connectivity index (χ0v) is 27.5. The van der Waals surface area contributed by atoms with Crippen molar-refractivity contribution in [3.05, 3.63) is 64.7 Å². The molecule has 2 aliphatic carbocycles. The molecule has 9 rings (SSSR count). The Morgan fingerprint density at radius 1 is 0.581 bits per heavy atom. The van der Waals surface area contributed by atoms with E-state index in [0.29, 0.717) is 6.71 Å². The van der Waals surface area contributed by atoms with E-state index in [1.807, 2.05) is 0 Å². The maximum Gasteiger partial charge on any atom is 0.252 e. The molecule has 2 saturated carbocycles. The zero-order valence-electron chi connectivity index (χ0n) is 27.5. The summed E-state index contributed by atoms with van der Waals surface area (Å²) >= 11 is 0. The molecule has 222 valence electrons. The summed E-state index contributed by atoms with van der Waals surface area (Å²) in [5, 5.41) is 0. The maximum atomic E-state index is 2.98. The van der Waals surface area contributed by atoms with Gasteiger partial charge in [0.15, 0.2) is 0 Å². The van der Waals surface area contributed by atoms with Crippen molar-refractivity contribution >= 4 is 45.9 Å². The Morgan fingerprint density at radius 2 is 1.02 bits per heavy atom. The fourth-order valence-electron chi connectivity index (χ4n) is 13.1. The summed E-state index contributed by atoms with van der Waals surface area (Å²) in [6.07, 6.45) is 15.6. The van der Waals surface area contributed by atoms with Gasteiger partial charge in [-0.15, -0.1) is 0 Å². The van der Waals surface area contributed by atoms with Crippen molar-refractivity contribution in [3.8, 4) is 0 Å². The second-order valence-corrected chi connectivity index (χ2v) is 15.3. The Bertz CT molecular complexity index is 1590. The van der Waals surface area contributed by atoms with Gasteiger partial charge in [0.1, 0.15) is 0 Å². The van der Waals surface area contributed by atoms with Crippen molar-refractivity contribution in [3.63, 3.8) is 0 Å². The lowest BCUT2D eigenvalue weighted by atomic mass is 9.33. The molecule has 3 heteroatoms. The first kappa shape index (κ1) is 26.7. The Kier molecular flexibility index (Phi) is 5.29. The molecule has 0 N–H and O–H groups in total. The van der Waals surface area contributed by atoms with Crippen LogP contribution in [0.5, 0.6) is 0 Å². The van der Waals surface area contributed by atoms with E-state index < -0.39 is 0 Å². The molecule has 6 aliphatic rings. The smallest absolute Gasteiger partial charge is 0.252 e. The van der Waals surface area contributed by atoms with Crippen molar-refractivity contribution in [2.75, 3.05) is 9.80 Å². The molecule has 4 atom stereocenters. The number of hydrogen-bond donors (Lipinski definition) is 0. The van der Waals surface area contributed by atoms with E-state index in [4.69, 9.17) is 0 Å². The highest BCUT2D eigenvalue weighted by Crippen LogP contribution is 2.67. The van der Waals surface area contributed by atoms with Crippen molar-refractivity contribution < 1.29 is 0 Å². The molecule has 4 aliphatic heterocycles. The van der Waals surface area contributed by atoms with Gasteiger partial charge in [-0.1, -0.05) is 83.7 Å². The van der Waals surface area contributed by atoms with Crippen LogP contribution in [0.2, 0.25) is 0 Å². The molecule has 4 unspecified atom stereocenters. The van der Waals surface area contributed by atoms with Gasteiger partial charge in [0.2, 0.25) is 0 Å². The van der Waals surface area contributed by atoms with E-state index in [9.17, 15) is 0 Å². The molecule has 0 bridgehead atoms. The minimum Gasteiger partial charge on any atom is -0.335 e. The van der Waals surface area contributed by atoms with Crippen LogP contribution in [0.15, 0.2) is 42.5 Å². The molecule has 0 aromatic heterocycles. The lowest BCUT2D eigenvalue weighted by molar-refractivity contribution is 0.146. The van der Waals surface area contributed by atoms with Gasteiger partial charge >= 0.3 is 0 Å². The van der Waals surface area contributed by atoms with Gasteiger partial charge in [-0.05, 0) is 116 Å². The Balaban J connectivity index is 1.44. The van der Waals surface area contributed by atoms with Crippen LogP contribution in [0.4, 0.5) is 22.7 Å². The number of fused-ring (bicyclic) bond motifs is 10. The Morgan fingerprint density at radius 3 is 1.44 bits per heavy atom. The number of hydrogen-bond acceptors (Lipinski definition) is 2. The zero-order chi connectivity index (χ0) is 29.5. The molecule has 0 saturated heterocycles. The molecule has 3 aromatic carbocycles. The third-order valence-corrected chi connectivity index (χ3v) is 14.6. The van der Waals surface area contributed by atoms with Crippen LogP contribution >= 0.6 is 0 Å². The number of nitrogens with zero attached hydrogens (tertiary/aromatic N) is 2. The summed E-state index contributed by atoms with van der Waals surface area (Å²) < 4.78 is 0. The van der Waals surface area contributed by atoms with E-state index in [1.165, 1.54) is 99.6 Å². The Hall–Kier alpha value is -2.68. The lowest BCUT2D eigenvalue weighted by Crippen LogP contribution is -2.67. The van der Waals surface area contributed by atoms with E-state index in [1.54, 1.807) is 38.9 Å². The van der Waals surface area contributed by atoms with Gasteiger partial charge in [-0.3, -0.25) is 0 Å². The molecule has 3 aromatic rings. The standard InChI is InChI=1S/C40H49BN2/c1-7-37-22-11-13-24-39(37,9-3)42-30-16-15-17-31-34(30)41(28-20-18-26(5)32(37)35(28)42)29-21-19-27(6)33-36(29)43(31)40(10-4)25-14-12-23-38(33,40)8-2/h15-21H,7-14,22-25H2,1-6H3. The summed E-state index contributed by atoms with van der Waals surface area (Å²) in [6, 6.07) is 17.6. The van der Waals surface area contributed by atoms with Crippen molar-refractivity contribution in [2.45, 2.75) is 141 Å². The molecule has 0 amide bonds. The Labute approximate surface area is 260 Å². The second-order valence-electron chi connectivity index (χ2n) is 15.3. The van der Waals surface area contributed by atoms with Crippen LogP contribution in [0, 0.1) is 13.8 Å². The maximum absolute atomic E-state index is 2.98. The van der Waals surface area contributed by atoms with E-state index in [2.05, 4.69) is 93.8 Å². The first-order valence-electron chi connectivity index (χ1n) is 17.9. The molecular formula is C40H49BN2. The third kappa shape index (κ3) is 2.59. The molecular weight excluding hydrogens is 519 g/mol. The van der Waals surface area contributed by atoms with Gasteiger partial charge in [0.25, 0.3) is 6.71 Å². The fourth-order valence-corrected chi connectivity index (χ4v) is 13.1. The summed E-state index contributed by atoms with van der Waals surface area (Å²) in [5.74, 6) is 0. The van der Waals surface area contributed by atoms with Crippen LogP contribution in [0.25, 0.3) is 0 Å². The number of aryl methyl sites for hydroxylation is 2. The van der Waals surface area contributed by atoms with Crippen LogP contribution in [0.1, 0.15) is 127 Å². The van der Waals surface area contributed by atoms with E-state index in [-0.39, 0.29) is 21.9 Å². The number of anilines is 4.